The number of nitrogens with one attached hydrogen (secondary N) is 2. The number of carbonyl (C=O) groups excluding carboxylic acids is 1. The predicted octanol–water partition coefficient (Wildman–Crippen LogP) is 4.43. The molecule has 0 heterocycles. The first-order valence-corrected chi connectivity index (χ1v) is 7.61. The maximum absolute atomic E-state index is 11.4. The van der Waals surface area contributed by atoms with Crippen molar-refractivity contribution in [3.05, 3.63) is 27.7 Å². The molecule has 0 fully saturated rings. The maximum Gasteiger partial charge on any atom is 0.407 e. The van der Waals surface area contributed by atoms with E-state index >= 15 is 0 Å². The van der Waals surface area contributed by atoms with Crippen LogP contribution in [-0.2, 0) is 4.74 Å². The lowest BCUT2D eigenvalue weighted by Crippen LogP contribution is -2.33. The average molecular weight is 364 g/mol. The minimum absolute atomic E-state index is 0.384. The molecule has 0 bridgehead atoms. The van der Waals surface area contributed by atoms with Crippen LogP contribution in [0.3, 0.4) is 0 Å². The Labute approximate surface area is 133 Å². The summed E-state index contributed by atoms with van der Waals surface area (Å²) in [7, 11) is 0. The largest absolute Gasteiger partial charge is 0.444 e. The van der Waals surface area contributed by atoms with Gasteiger partial charge in [-0.3, -0.25) is 0 Å². The van der Waals surface area contributed by atoms with Gasteiger partial charge in [-0.2, -0.15) is 0 Å². The van der Waals surface area contributed by atoms with Crippen molar-refractivity contribution in [3.8, 4) is 0 Å². The van der Waals surface area contributed by atoms with Gasteiger partial charge in [-0.15, -0.1) is 0 Å². The third-order valence-corrected chi connectivity index (χ3v) is 3.16. The lowest BCUT2D eigenvalue weighted by Gasteiger charge is -2.19. The highest BCUT2D eigenvalue weighted by Gasteiger charge is 2.15. The summed E-state index contributed by atoms with van der Waals surface area (Å²) < 4.78 is 6.06. The third kappa shape index (κ3) is 7.01. The molecule has 0 aliphatic heterocycles. The van der Waals surface area contributed by atoms with Gasteiger partial charge >= 0.3 is 6.09 Å². The summed E-state index contributed by atoms with van der Waals surface area (Å²) in [5.41, 5.74) is 0.517. The fraction of sp³-hybridized carbons (Fsp3) is 0.500. The van der Waals surface area contributed by atoms with E-state index in [1.165, 1.54) is 0 Å². The first-order chi connectivity index (χ1) is 9.28. The number of halogens is 2. The highest BCUT2D eigenvalue weighted by molar-refractivity contribution is 9.10. The number of benzene rings is 1. The molecule has 1 aromatic rings. The Morgan fingerprint density at radius 2 is 2.05 bits per heavy atom. The fourth-order valence-electron chi connectivity index (χ4n) is 1.45. The van der Waals surface area contributed by atoms with Crippen LogP contribution < -0.4 is 10.6 Å². The molecule has 6 heteroatoms. The van der Waals surface area contributed by atoms with Crippen molar-refractivity contribution in [3.63, 3.8) is 0 Å². The summed E-state index contributed by atoms with van der Waals surface area (Å²) in [4.78, 5) is 11.4. The van der Waals surface area contributed by atoms with Gasteiger partial charge < -0.3 is 15.4 Å². The molecule has 2 N–H and O–H groups in total. The number of alkyl carbamates (subject to hydrolysis) is 1. The predicted molar refractivity (Wildman–Crippen MR) is 86.5 cm³/mol. The fourth-order valence-corrected chi connectivity index (χ4v) is 2.27. The zero-order valence-corrected chi connectivity index (χ0v) is 14.3. The first-order valence-electron chi connectivity index (χ1n) is 6.44. The number of ether oxygens (including phenoxy) is 1. The smallest absolute Gasteiger partial charge is 0.407 e. The van der Waals surface area contributed by atoms with E-state index in [2.05, 4.69) is 26.6 Å². The molecule has 20 heavy (non-hydrogen) atoms. The van der Waals surface area contributed by atoms with E-state index in [9.17, 15) is 4.79 Å². The second-order valence-corrected chi connectivity index (χ2v) is 6.62. The second kappa shape index (κ2) is 7.74. The maximum atomic E-state index is 11.4. The van der Waals surface area contributed by atoms with Gasteiger partial charge in [-0.1, -0.05) is 11.6 Å². The molecule has 1 amide bonds. The Kier molecular flexibility index (Phi) is 6.62. The summed E-state index contributed by atoms with van der Waals surface area (Å²) in [6.45, 7) is 6.83. The highest BCUT2D eigenvalue weighted by Crippen LogP contribution is 2.25. The molecule has 0 aliphatic carbocycles. The number of anilines is 1. The van der Waals surface area contributed by atoms with Gasteiger partial charge in [0.05, 0.1) is 0 Å². The van der Waals surface area contributed by atoms with E-state index in [-0.39, 0.29) is 6.09 Å². The summed E-state index contributed by atoms with van der Waals surface area (Å²) in [6.07, 6.45) is 0.416. The Bertz CT molecular complexity index is 461. The van der Waals surface area contributed by atoms with Crippen molar-refractivity contribution in [2.45, 2.75) is 32.8 Å². The quantitative estimate of drug-likeness (QED) is 0.761. The molecule has 112 valence electrons. The van der Waals surface area contributed by atoms with Gasteiger partial charge in [0.2, 0.25) is 0 Å². The van der Waals surface area contributed by atoms with E-state index in [4.69, 9.17) is 16.3 Å². The average Bonchev–Trinajstić information content (AvgIpc) is 2.28. The van der Waals surface area contributed by atoms with E-state index in [1.807, 2.05) is 39.0 Å². The van der Waals surface area contributed by atoms with Crippen LogP contribution in [0.1, 0.15) is 27.2 Å². The molecule has 1 aromatic carbocycles. The monoisotopic (exact) mass is 362 g/mol. The van der Waals surface area contributed by atoms with Crippen LogP contribution in [0.25, 0.3) is 0 Å². The molecular formula is C14H20BrClN2O2. The number of hydrogen-bond acceptors (Lipinski definition) is 3. The molecule has 0 saturated heterocycles. The van der Waals surface area contributed by atoms with Gasteiger partial charge in [0, 0.05) is 28.3 Å². The number of hydrogen-bond donors (Lipinski definition) is 2. The molecule has 0 atom stereocenters. The van der Waals surface area contributed by atoms with Gasteiger partial charge in [-0.05, 0) is 61.3 Å². The second-order valence-electron chi connectivity index (χ2n) is 5.33. The molecular weight excluding hydrogens is 344 g/mol. The Hall–Kier alpha value is -0.940. The molecule has 0 spiro atoms. The normalized spacial score (nSPS) is 11.1. The molecule has 0 saturated carbocycles. The van der Waals surface area contributed by atoms with Crippen molar-refractivity contribution in [2.75, 3.05) is 18.4 Å². The summed E-state index contributed by atoms with van der Waals surface area (Å²) in [5, 5.41) is 6.67. The number of amides is 1. The summed E-state index contributed by atoms with van der Waals surface area (Å²) in [6, 6.07) is 5.57. The van der Waals surface area contributed by atoms with Crippen LogP contribution in [0, 0.1) is 0 Å². The first kappa shape index (κ1) is 17.1. The third-order valence-electron chi connectivity index (χ3n) is 2.27. The van der Waals surface area contributed by atoms with E-state index in [0.29, 0.717) is 11.6 Å². The zero-order chi connectivity index (χ0) is 15.2. The molecule has 0 unspecified atom stereocenters. The van der Waals surface area contributed by atoms with Gasteiger partial charge in [0.25, 0.3) is 0 Å². The number of rotatable bonds is 5. The van der Waals surface area contributed by atoms with Crippen LogP contribution in [0.4, 0.5) is 10.5 Å². The Morgan fingerprint density at radius 3 is 2.65 bits per heavy atom. The van der Waals surface area contributed by atoms with Gasteiger partial charge in [0.15, 0.2) is 0 Å². The van der Waals surface area contributed by atoms with Crippen LogP contribution in [0.5, 0.6) is 0 Å². The molecule has 0 radical (unpaired) electrons. The van der Waals surface area contributed by atoms with Gasteiger partial charge in [0.1, 0.15) is 5.60 Å². The van der Waals surface area contributed by atoms with Crippen LogP contribution >= 0.6 is 27.5 Å². The minimum atomic E-state index is -0.462. The van der Waals surface area contributed by atoms with Crippen molar-refractivity contribution in [2.24, 2.45) is 0 Å². The van der Waals surface area contributed by atoms with E-state index in [1.54, 1.807) is 0 Å². The number of carbonyl (C=O) groups is 1. The summed E-state index contributed by atoms with van der Waals surface area (Å²) in [5.74, 6) is 0. The zero-order valence-electron chi connectivity index (χ0n) is 11.9. The van der Waals surface area contributed by atoms with Crippen molar-refractivity contribution in [1.82, 2.24) is 5.32 Å². The van der Waals surface area contributed by atoms with Gasteiger partial charge in [-0.25, -0.2) is 4.79 Å². The Morgan fingerprint density at radius 1 is 1.35 bits per heavy atom. The lowest BCUT2D eigenvalue weighted by atomic mass is 10.2. The topological polar surface area (TPSA) is 50.4 Å². The lowest BCUT2D eigenvalue weighted by molar-refractivity contribution is 0.0528. The highest BCUT2D eigenvalue weighted by atomic mass is 79.9. The van der Waals surface area contributed by atoms with Crippen molar-refractivity contribution in [1.29, 1.82) is 0 Å². The molecule has 0 aliphatic rings. The van der Waals surface area contributed by atoms with E-state index < -0.39 is 5.60 Å². The molecule has 1 rings (SSSR count). The Balaban J connectivity index is 2.21. The summed E-state index contributed by atoms with van der Waals surface area (Å²) >= 11 is 9.30. The van der Waals surface area contributed by atoms with Crippen molar-refractivity contribution >= 4 is 39.3 Å². The standard InChI is InChI=1S/C14H20BrClN2O2/c1-14(2,3)20-13(19)18-8-4-7-17-12-6-5-10(16)9-11(12)15/h5-6,9,17H,4,7-8H2,1-3H3,(H,18,19). The van der Waals surface area contributed by atoms with Crippen LogP contribution in [0.2, 0.25) is 5.02 Å². The molecule has 4 nitrogen and oxygen atoms in total. The minimum Gasteiger partial charge on any atom is -0.444 e. The van der Waals surface area contributed by atoms with Crippen LogP contribution in [0.15, 0.2) is 22.7 Å². The van der Waals surface area contributed by atoms with E-state index in [0.717, 1.165) is 23.1 Å². The molecule has 0 aromatic heterocycles. The van der Waals surface area contributed by atoms with Crippen LogP contribution in [-0.4, -0.2) is 24.8 Å². The SMILES string of the molecule is CC(C)(C)OC(=O)NCCCNc1ccc(Cl)cc1Br. The van der Waals surface area contributed by atoms with Crippen molar-refractivity contribution < 1.29 is 9.53 Å².